The van der Waals surface area contributed by atoms with Crippen LogP contribution in [0.15, 0.2) is 0 Å². The van der Waals surface area contributed by atoms with Crippen LogP contribution >= 0.6 is 11.8 Å². The van der Waals surface area contributed by atoms with Gasteiger partial charge in [0.05, 0.1) is 6.61 Å². The predicted octanol–water partition coefficient (Wildman–Crippen LogP) is 2.13. The molecule has 0 aromatic heterocycles. The predicted molar refractivity (Wildman–Crippen MR) is 61.2 cm³/mol. The number of hydrogen-bond donors (Lipinski definition) is 1. The van der Waals surface area contributed by atoms with E-state index in [1.54, 1.807) is 0 Å². The van der Waals surface area contributed by atoms with Crippen molar-refractivity contribution in [2.75, 3.05) is 25.5 Å². The second kappa shape index (κ2) is 8.85. The zero-order valence-electron chi connectivity index (χ0n) is 9.08. The van der Waals surface area contributed by atoms with E-state index in [2.05, 4.69) is 20.8 Å². The molecule has 0 aromatic rings. The first-order chi connectivity index (χ1) is 6.16. The molecule has 2 nitrogen and oxygen atoms in total. The van der Waals surface area contributed by atoms with Crippen molar-refractivity contribution in [1.82, 2.24) is 0 Å². The maximum absolute atomic E-state index is 5.47. The van der Waals surface area contributed by atoms with E-state index >= 15 is 0 Å². The van der Waals surface area contributed by atoms with E-state index in [4.69, 9.17) is 10.5 Å². The van der Waals surface area contributed by atoms with Crippen LogP contribution in [0.25, 0.3) is 0 Å². The molecular formula is C10H23NOS. The molecule has 0 saturated heterocycles. The first-order valence-corrected chi connectivity index (χ1v) is 6.11. The molecule has 0 radical (unpaired) electrons. The van der Waals surface area contributed by atoms with Gasteiger partial charge in [0.2, 0.25) is 0 Å². The van der Waals surface area contributed by atoms with Crippen molar-refractivity contribution in [2.24, 2.45) is 11.7 Å². The van der Waals surface area contributed by atoms with E-state index < -0.39 is 0 Å². The normalized spacial score (nSPS) is 13.6. The number of thioether (sulfide) groups is 1. The van der Waals surface area contributed by atoms with Gasteiger partial charge in [-0.1, -0.05) is 20.8 Å². The highest BCUT2D eigenvalue weighted by Gasteiger charge is 2.00. The lowest BCUT2D eigenvalue weighted by molar-refractivity contribution is 0.124. The van der Waals surface area contributed by atoms with Crippen molar-refractivity contribution in [3.63, 3.8) is 0 Å². The third-order valence-corrected chi connectivity index (χ3v) is 2.86. The number of ether oxygens (including phenoxy) is 1. The van der Waals surface area contributed by atoms with Crippen LogP contribution in [-0.4, -0.2) is 30.8 Å². The summed E-state index contributed by atoms with van der Waals surface area (Å²) in [5.41, 5.74) is 5.45. The van der Waals surface area contributed by atoms with Gasteiger partial charge < -0.3 is 10.5 Å². The lowest BCUT2D eigenvalue weighted by atomic mass is 10.2. The van der Waals surface area contributed by atoms with E-state index in [-0.39, 0.29) is 0 Å². The van der Waals surface area contributed by atoms with Crippen LogP contribution in [0.2, 0.25) is 0 Å². The molecule has 0 fully saturated rings. The second-order valence-electron chi connectivity index (χ2n) is 3.73. The molecule has 80 valence electrons. The monoisotopic (exact) mass is 205 g/mol. The van der Waals surface area contributed by atoms with Crippen molar-refractivity contribution < 1.29 is 4.74 Å². The molecule has 0 aliphatic carbocycles. The maximum Gasteiger partial charge on any atom is 0.0556 e. The third kappa shape index (κ3) is 10.2. The molecule has 0 rings (SSSR count). The van der Waals surface area contributed by atoms with E-state index in [1.165, 1.54) is 0 Å². The van der Waals surface area contributed by atoms with Crippen LogP contribution in [0.5, 0.6) is 0 Å². The molecule has 0 saturated carbocycles. The van der Waals surface area contributed by atoms with Gasteiger partial charge in [-0.15, -0.1) is 0 Å². The average molecular weight is 205 g/mol. The summed E-state index contributed by atoms with van der Waals surface area (Å²) in [6.45, 7) is 9.11. The molecule has 13 heavy (non-hydrogen) atoms. The Bertz CT molecular complexity index is 109. The van der Waals surface area contributed by atoms with Crippen LogP contribution < -0.4 is 5.73 Å². The zero-order valence-corrected chi connectivity index (χ0v) is 9.90. The summed E-state index contributed by atoms with van der Waals surface area (Å²) in [6, 6.07) is 0. The Kier molecular flexibility index (Phi) is 9.03. The standard InChI is InChI=1S/C10H23NOS/c1-9(2)8-12-6-7-13-10(3)4-5-11/h9-10H,4-8,11H2,1-3H3. The lowest BCUT2D eigenvalue weighted by Crippen LogP contribution is -2.10. The minimum atomic E-state index is 0.645. The van der Waals surface area contributed by atoms with Crippen LogP contribution in [0.3, 0.4) is 0 Å². The van der Waals surface area contributed by atoms with Gasteiger partial charge in [-0.05, 0) is 18.9 Å². The van der Waals surface area contributed by atoms with E-state index in [9.17, 15) is 0 Å². The third-order valence-electron chi connectivity index (χ3n) is 1.65. The molecular weight excluding hydrogens is 182 g/mol. The molecule has 0 bridgehead atoms. The zero-order chi connectivity index (χ0) is 10.1. The Morgan fingerprint density at radius 3 is 2.54 bits per heavy atom. The van der Waals surface area contributed by atoms with E-state index in [0.29, 0.717) is 11.2 Å². The van der Waals surface area contributed by atoms with Gasteiger partial charge >= 0.3 is 0 Å². The van der Waals surface area contributed by atoms with Crippen molar-refractivity contribution in [2.45, 2.75) is 32.4 Å². The van der Waals surface area contributed by atoms with Gasteiger partial charge in [0.25, 0.3) is 0 Å². The van der Waals surface area contributed by atoms with Crippen LogP contribution in [0.1, 0.15) is 27.2 Å². The molecule has 0 amide bonds. The Labute approximate surface area is 86.6 Å². The fourth-order valence-corrected chi connectivity index (χ4v) is 1.86. The number of rotatable bonds is 8. The maximum atomic E-state index is 5.47. The van der Waals surface area contributed by atoms with Gasteiger partial charge in [0.1, 0.15) is 0 Å². The number of hydrogen-bond acceptors (Lipinski definition) is 3. The van der Waals surface area contributed by atoms with Crippen molar-refractivity contribution in [3.8, 4) is 0 Å². The van der Waals surface area contributed by atoms with Gasteiger partial charge in [-0.25, -0.2) is 0 Å². The highest BCUT2D eigenvalue weighted by molar-refractivity contribution is 7.99. The first-order valence-electron chi connectivity index (χ1n) is 5.06. The van der Waals surface area contributed by atoms with E-state index in [0.717, 1.165) is 31.9 Å². The smallest absolute Gasteiger partial charge is 0.0556 e. The molecule has 0 aliphatic rings. The Balaban J connectivity index is 3.06. The van der Waals surface area contributed by atoms with E-state index in [1.807, 2.05) is 11.8 Å². The fourth-order valence-electron chi connectivity index (χ4n) is 0.945. The van der Waals surface area contributed by atoms with Crippen molar-refractivity contribution in [3.05, 3.63) is 0 Å². The molecule has 1 unspecified atom stereocenters. The molecule has 0 heterocycles. The summed E-state index contributed by atoms with van der Waals surface area (Å²) in [7, 11) is 0. The molecule has 3 heteroatoms. The topological polar surface area (TPSA) is 35.2 Å². The highest BCUT2D eigenvalue weighted by atomic mass is 32.2. The molecule has 1 atom stereocenters. The van der Waals surface area contributed by atoms with Gasteiger partial charge in [0.15, 0.2) is 0 Å². The van der Waals surface area contributed by atoms with Gasteiger partial charge in [0, 0.05) is 17.6 Å². The Hall–Kier alpha value is 0.270. The van der Waals surface area contributed by atoms with Gasteiger partial charge in [-0.3, -0.25) is 0 Å². The summed E-state index contributed by atoms with van der Waals surface area (Å²) >= 11 is 1.95. The molecule has 0 aliphatic heterocycles. The Morgan fingerprint density at radius 2 is 2.00 bits per heavy atom. The van der Waals surface area contributed by atoms with Crippen molar-refractivity contribution >= 4 is 11.8 Å². The SMILES string of the molecule is CC(C)COCCSC(C)CCN. The minimum absolute atomic E-state index is 0.645. The first kappa shape index (κ1) is 13.3. The molecule has 0 aromatic carbocycles. The summed E-state index contributed by atoms with van der Waals surface area (Å²) < 4.78 is 5.47. The quantitative estimate of drug-likeness (QED) is 0.617. The van der Waals surface area contributed by atoms with Crippen LogP contribution in [0.4, 0.5) is 0 Å². The summed E-state index contributed by atoms with van der Waals surface area (Å²) in [4.78, 5) is 0. The largest absolute Gasteiger partial charge is 0.380 e. The summed E-state index contributed by atoms with van der Waals surface area (Å²) in [5.74, 6) is 1.74. The second-order valence-corrected chi connectivity index (χ2v) is 5.27. The van der Waals surface area contributed by atoms with Crippen molar-refractivity contribution in [1.29, 1.82) is 0 Å². The average Bonchev–Trinajstić information content (AvgIpc) is 2.03. The highest BCUT2D eigenvalue weighted by Crippen LogP contribution is 2.12. The summed E-state index contributed by atoms with van der Waals surface area (Å²) in [5, 5.41) is 0.674. The minimum Gasteiger partial charge on any atom is -0.380 e. The lowest BCUT2D eigenvalue weighted by Gasteiger charge is -2.10. The fraction of sp³-hybridized carbons (Fsp3) is 1.00. The van der Waals surface area contributed by atoms with Gasteiger partial charge in [-0.2, -0.15) is 11.8 Å². The number of nitrogens with two attached hydrogens (primary N) is 1. The Morgan fingerprint density at radius 1 is 1.31 bits per heavy atom. The summed E-state index contributed by atoms with van der Waals surface area (Å²) in [6.07, 6.45) is 1.11. The molecule has 0 spiro atoms. The van der Waals surface area contributed by atoms with Crippen LogP contribution in [0, 0.1) is 5.92 Å². The molecule has 2 N–H and O–H groups in total. The van der Waals surface area contributed by atoms with Crippen LogP contribution in [-0.2, 0) is 4.74 Å².